The number of rotatable bonds is 2. The van der Waals surface area contributed by atoms with Crippen LogP contribution >= 0.6 is 0 Å². The van der Waals surface area contributed by atoms with Gasteiger partial charge in [0.1, 0.15) is 12.2 Å². The van der Waals surface area contributed by atoms with Gasteiger partial charge in [-0.15, -0.1) is 5.92 Å². The number of hydrogen-bond acceptors (Lipinski definition) is 8. The highest BCUT2D eigenvalue weighted by Crippen LogP contribution is 2.40. The summed E-state index contributed by atoms with van der Waals surface area (Å²) in [7, 11) is 0. The van der Waals surface area contributed by atoms with Crippen molar-refractivity contribution < 1.29 is 20.1 Å². The van der Waals surface area contributed by atoms with E-state index in [0.717, 1.165) is 0 Å². The first-order valence-corrected chi connectivity index (χ1v) is 7.19. The molecule has 1 unspecified atom stereocenters. The van der Waals surface area contributed by atoms with E-state index in [0.29, 0.717) is 0 Å². The van der Waals surface area contributed by atoms with Crippen LogP contribution in [0, 0.1) is 11.8 Å². The van der Waals surface area contributed by atoms with Gasteiger partial charge in [0.15, 0.2) is 23.0 Å². The van der Waals surface area contributed by atoms with Crippen molar-refractivity contribution in [2.75, 3.05) is 5.73 Å². The quantitative estimate of drug-likeness (QED) is 0.398. The van der Waals surface area contributed by atoms with Crippen molar-refractivity contribution in [1.29, 1.82) is 0 Å². The smallest absolute Gasteiger partial charge is 0.280 e. The lowest BCUT2D eigenvalue weighted by Gasteiger charge is -2.26. The number of ether oxygens (including phenoxy) is 1. The van der Waals surface area contributed by atoms with E-state index in [4.69, 9.17) is 10.5 Å². The predicted molar refractivity (Wildman–Crippen MR) is 82.6 cm³/mol. The number of aromatic nitrogens is 4. The molecule has 128 valence electrons. The summed E-state index contributed by atoms with van der Waals surface area (Å²) in [4.78, 5) is 22.1. The van der Waals surface area contributed by atoms with Gasteiger partial charge < -0.3 is 25.8 Å². The molecule has 1 fully saturated rings. The molecule has 0 aliphatic carbocycles. The standard InChI is InChI=1S/C14H17N5O5/c1-3-4-14(23)9(21)8(6(2)20)24-12(14)19-5-16-7-10(19)17-13(15)18-11(7)22/h5-6,8-9,12,20-21,23H,1-2H3,(H3,15,17,18,22)/t6-,8+,9?,12+,14+/m0/s1. The molecule has 3 heterocycles. The van der Waals surface area contributed by atoms with Gasteiger partial charge in [0, 0.05) is 0 Å². The van der Waals surface area contributed by atoms with E-state index < -0.39 is 35.7 Å². The Morgan fingerprint density at radius 1 is 1.58 bits per heavy atom. The molecule has 0 radical (unpaired) electrons. The highest BCUT2D eigenvalue weighted by atomic mass is 16.6. The molecule has 2 aromatic rings. The van der Waals surface area contributed by atoms with Crippen LogP contribution in [0.15, 0.2) is 11.1 Å². The van der Waals surface area contributed by atoms with Crippen LogP contribution in [0.4, 0.5) is 5.95 Å². The van der Waals surface area contributed by atoms with Gasteiger partial charge in [-0.2, -0.15) is 4.98 Å². The Morgan fingerprint density at radius 3 is 2.92 bits per heavy atom. The molecule has 1 saturated heterocycles. The first-order chi connectivity index (χ1) is 11.3. The van der Waals surface area contributed by atoms with Gasteiger partial charge in [-0.25, -0.2) is 4.98 Å². The van der Waals surface area contributed by atoms with Crippen molar-refractivity contribution in [3.05, 3.63) is 16.7 Å². The van der Waals surface area contributed by atoms with Crippen LogP contribution in [0.5, 0.6) is 0 Å². The van der Waals surface area contributed by atoms with E-state index in [1.54, 1.807) is 0 Å². The van der Waals surface area contributed by atoms with Gasteiger partial charge in [-0.1, -0.05) is 5.92 Å². The van der Waals surface area contributed by atoms with Crippen molar-refractivity contribution in [1.82, 2.24) is 19.5 Å². The first-order valence-electron chi connectivity index (χ1n) is 7.19. The Morgan fingerprint density at radius 2 is 2.29 bits per heavy atom. The molecular formula is C14H17N5O5. The lowest BCUT2D eigenvalue weighted by atomic mass is 9.93. The molecule has 10 heteroatoms. The van der Waals surface area contributed by atoms with Crippen molar-refractivity contribution in [3.8, 4) is 11.8 Å². The zero-order valence-electron chi connectivity index (χ0n) is 13.0. The van der Waals surface area contributed by atoms with E-state index in [1.165, 1.54) is 24.7 Å². The highest BCUT2D eigenvalue weighted by Gasteiger charge is 2.57. The molecule has 1 aliphatic heterocycles. The summed E-state index contributed by atoms with van der Waals surface area (Å²) in [6.45, 7) is 2.91. The maximum absolute atomic E-state index is 11.9. The van der Waals surface area contributed by atoms with Gasteiger partial charge in [-0.05, 0) is 13.8 Å². The average molecular weight is 335 g/mol. The summed E-state index contributed by atoms with van der Waals surface area (Å²) in [5.41, 5.74) is 3.04. The fraction of sp³-hybridized carbons (Fsp3) is 0.500. The number of imidazole rings is 1. The molecule has 0 aromatic carbocycles. The van der Waals surface area contributed by atoms with E-state index in [-0.39, 0.29) is 17.1 Å². The maximum Gasteiger partial charge on any atom is 0.280 e. The van der Waals surface area contributed by atoms with Crippen molar-refractivity contribution in [2.24, 2.45) is 0 Å². The van der Waals surface area contributed by atoms with Crippen LogP contribution in [-0.4, -0.2) is 58.8 Å². The Hall–Kier alpha value is -2.45. The summed E-state index contributed by atoms with van der Waals surface area (Å²) < 4.78 is 6.87. The lowest BCUT2D eigenvalue weighted by Crippen LogP contribution is -2.47. The average Bonchev–Trinajstić information content (AvgIpc) is 3.00. The van der Waals surface area contributed by atoms with Crippen LogP contribution in [0.2, 0.25) is 0 Å². The molecule has 5 atom stereocenters. The number of nitrogen functional groups attached to an aromatic ring is 1. The number of nitrogens with two attached hydrogens (primary N) is 1. The third-order valence-electron chi connectivity index (χ3n) is 3.93. The van der Waals surface area contributed by atoms with E-state index >= 15 is 0 Å². The molecule has 2 aromatic heterocycles. The minimum absolute atomic E-state index is 0.00501. The van der Waals surface area contributed by atoms with Crippen LogP contribution in [-0.2, 0) is 4.74 Å². The molecule has 1 aliphatic rings. The number of H-pyrrole nitrogens is 1. The predicted octanol–water partition coefficient (Wildman–Crippen LogP) is -1.90. The normalized spacial score (nSPS) is 31.0. The SMILES string of the molecule is CC#C[C@@]1(O)C(O)[C@@H]([C@H](C)O)O[C@H]1n1cnc2c(=O)[nH]c(N)nc21. The number of fused-ring (bicyclic) bond motifs is 1. The van der Waals surface area contributed by atoms with E-state index in [9.17, 15) is 20.1 Å². The molecule has 0 amide bonds. The van der Waals surface area contributed by atoms with Crippen LogP contribution in [0.1, 0.15) is 20.1 Å². The number of aliphatic hydroxyl groups is 3. The fourth-order valence-corrected chi connectivity index (χ4v) is 2.83. The largest absolute Gasteiger partial charge is 0.391 e. The highest BCUT2D eigenvalue weighted by molar-refractivity contribution is 5.70. The van der Waals surface area contributed by atoms with Gasteiger partial charge in [-0.3, -0.25) is 14.3 Å². The van der Waals surface area contributed by atoms with Crippen LogP contribution < -0.4 is 11.3 Å². The Balaban J connectivity index is 2.20. The van der Waals surface area contributed by atoms with Gasteiger partial charge in [0.25, 0.3) is 5.56 Å². The Kier molecular flexibility index (Phi) is 3.81. The monoisotopic (exact) mass is 335 g/mol. The molecule has 6 N–H and O–H groups in total. The molecule has 0 spiro atoms. The second-order valence-corrected chi connectivity index (χ2v) is 5.61. The summed E-state index contributed by atoms with van der Waals surface area (Å²) in [6, 6.07) is 0. The van der Waals surface area contributed by atoms with Crippen molar-refractivity contribution in [3.63, 3.8) is 0 Å². The number of nitrogens with one attached hydrogen (secondary N) is 1. The third kappa shape index (κ3) is 2.26. The topological polar surface area (TPSA) is 160 Å². The van der Waals surface area contributed by atoms with Gasteiger partial charge in [0.2, 0.25) is 5.95 Å². The number of anilines is 1. The first kappa shape index (κ1) is 16.4. The van der Waals surface area contributed by atoms with Gasteiger partial charge >= 0.3 is 0 Å². The molecule has 0 saturated carbocycles. The zero-order chi connectivity index (χ0) is 17.6. The van der Waals surface area contributed by atoms with Crippen LogP contribution in [0.3, 0.4) is 0 Å². The van der Waals surface area contributed by atoms with Crippen molar-refractivity contribution in [2.45, 2.75) is 44.0 Å². The summed E-state index contributed by atoms with van der Waals surface area (Å²) in [5, 5.41) is 31.0. The van der Waals surface area contributed by atoms with Crippen LogP contribution in [0.25, 0.3) is 11.2 Å². The molecule has 0 bridgehead atoms. The second kappa shape index (κ2) is 5.57. The molecular weight excluding hydrogens is 318 g/mol. The van der Waals surface area contributed by atoms with Crippen molar-refractivity contribution >= 4 is 17.1 Å². The summed E-state index contributed by atoms with van der Waals surface area (Å²) in [5.74, 6) is 4.91. The Bertz CT molecular complexity index is 894. The zero-order valence-corrected chi connectivity index (χ0v) is 13.0. The number of hydrogen-bond donors (Lipinski definition) is 5. The minimum Gasteiger partial charge on any atom is -0.391 e. The lowest BCUT2D eigenvalue weighted by molar-refractivity contribution is -0.0847. The fourth-order valence-electron chi connectivity index (χ4n) is 2.83. The third-order valence-corrected chi connectivity index (χ3v) is 3.93. The Labute approximate surface area is 135 Å². The molecule has 3 rings (SSSR count). The van der Waals surface area contributed by atoms with E-state index in [2.05, 4.69) is 26.8 Å². The molecule has 24 heavy (non-hydrogen) atoms. The maximum atomic E-state index is 11.9. The molecule has 10 nitrogen and oxygen atoms in total. The number of nitrogens with zero attached hydrogens (tertiary/aromatic N) is 3. The van der Waals surface area contributed by atoms with E-state index in [1.807, 2.05) is 0 Å². The number of aromatic amines is 1. The summed E-state index contributed by atoms with van der Waals surface area (Å²) in [6.07, 6.45) is -3.63. The summed E-state index contributed by atoms with van der Waals surface area (Å²) >= 11 is 0. The number of aliphatic hydroxyl groups excluding tert-OH is 2. The van der Waals surface area contributed by atoms with Gasteiger partial charge in [0.05, 0.1) is 12.4 Å². The minimum atomic E-state index is -2.02. The second-order valence-electron chi connectivity index (χ2n) is 5.61.